The maximum atomic E-state index is 14.1. The maximum absolute atomic E-state index is 14.1. The predicted molar refractivity (Wildman–Crippen MR) is 203 cm³/mol. The summed E-state index contributed by atoms with van der Waals surface area (Å²) in [5.41, 5.74) is 8.87. The Bertz CT molecular complexity index is 1940. The van der Waals surface area contributed by atoms with Crippen molar-refractivity contribution in [2.45, 2.75) is 44.5 Å². The third kappa shape index (κ3) is 9.46. The molecule has 0 saturated carbocycles. The van der Waals surface area contributed by atoms with E-state index in [1.54, 1.807) is 60.5 Å². The van der Waals surface area contributed by atoms with Gasteiger partial charge in [-0.15, -0.1) is 12.4 Å². The molecule has 2 atom stereocenters. The van der Waals surface area contributed by atoms with E-state index >= 15 is 0 Å². The number of benzene rings is 4. The molecule has 0 radical (unpaired) electrons. The number of carbonyl (C=O) groups is 3. The monoisotopic (exact) mass is 760 g/mol. The van der Waals surface area contributed by atoms with Crippen molar-refractivity contribution in [3.05, 3.63) is 101 Å². The first-order valence-electron chi connectivity index (χ1n) is 17.4. The van der Waals surface area contributed by atoms with Crippen LogP contribution in [0, 0.1) is 0 Å². The summed E-state index contributed by atoms with van der Waals surface area (Å²) in [6, 6.07) is 22.6. The number of likely N-dealkylation sites (tertiary alicyclic amines) is 1. The number of amides is 3. The van der Waals surface area contributed by atoms with Gasteiger partial charge in [0.1, 0.15) is 23.4 Å². The largest absolute Gasteiger partial charge is 0.496 e. The second-order valence-electron chi connectivity index (χ2n) is 12.7. The first-order chi connectivity index (χ1) is 25.8. The fraction of sp³-hybridized carbons (Fsp3) is 0.325. The average molecular weight is 761 g/mol. The molecule has 0 spiro atoms. The Morgan fingerprint density at radius 3 is 2.31 bits per heavy atom. The lowest BCUT2D eigenvalue weighted by atomic mass is 10.00. The van der Waals surface area contributed by atoms with Gasteiger partial charge in [-0.05, 0) is 72.1 Å². The molecule has 9 rings (SSSR count). The molecule has 0 aromatic heterocycles. The summed E-state index contributed by atoms with van der Waals surface area (Å²) in [5, 5.41) is 6.01. The molecule has 0 aliphatic carbocycles. The highest BCUT2D eigenvalue weighted by Gasteiger charge is 2.35. The summed E-state index contributed by atoms with van der Waals surface area (Å²) in [4.78, 5) is 41.7. The van der Waals surface area contributed by atoms with Gasteiger partial charge in [0.2, 0.25) is 5.91 Å². The molecule has 4 aromatic carbocycles. The first-order valence-corrected chi connectivity index (χ1v) is 17.4. The van der Waals surface area contributed by atoms with Crippen molar-refractivity contribution in [3.63, 3.8) is 0 Å². The average Bonchev–Trinajstić information content (AvgIpc) is 3.18. The Labute approximate surface area is 320 Å². The topological polar surface area (TPSA) is 160 Å². The summed E-state index contributed by atoms with van der Waals surface area (Å²) < 4.78 is 35.1. The molecule has 54 heavy (non-hydrogen) atoms. The van der Waals surface area contributed by atoms with Crippen LogP contribution >= 0.6 is 12.4 Å². The molecule has 5 aliphatic rings. The van der Waals surface area contributed by atoms with Gasteiger partial charge in [-0.1, -0.05) is 24.3 Å². The molecule has 0 unspecified atom stereocenters. The van der Waals surface area contributed by atoms with Crippen LogP contribution in [-0.4, -0.2) is 75.8 Å². The van der Waals surface area contributed by atoms with E-state index in [9.17, 15) is 14.4 Å². The van der Waals surface area contributed by atoms with Crippen molar-refractivity contribution in [1.29, 1.82) is 0 Å². The van der Waals surface area contributed by atoms with E-state index in [0.717, 1.165) is 11.1 Å². The third-order valence-corrected chi connectivity index (χ3v) is 9.26. The van der Waals surface area contributed by atoms with Crippen molar-refractivity contribution >= 4 is 30.1 Å². The summed E-state index contributed by atoms with van der Waals surface area (Å²) in [6.45, 7) is 0.804. The van der Waals surface area contributed by atoms with E-state index in [-0.39, 0.29) is 49.8 Å². The van der Waals surface area contributed by atoms with Crippen LogP contribution < -0.4 is 44.8 Å². The number of nitrogens with two attached hydrogens (primary N) is 1. The van der Waals surface area contributed by atoms with Gasteiger partial charge in [0.15, 0.2) is 29.6 Å². The quantitative estimate of drug-likeness (QED) is 0.239. The second-order valence-corrected chi connectivity index (χ2v) is 12.7. The normalized spacial score (nSPS) is 17.4. The smallest absolute Gasteiger partial charge is 0.258 e. The number of carbonyl (C=O) groups excluding carboxylic acids is 3. The zero-order valence-corrected chi connectivity index (χ0v) is 31.2. The fourth-order valence-corrected chi connectivity index (χ4v) is 6.40. The maximum Gasteiger partial charge on any atom is 0.258 e. The highest BCUT2D eigenvalue weighted by molar-refractivity contribution is 5.95. The molecular weight excluding hydrogens is 716 g/mol. The number of nitrogens with one attached hydrogen (secondary N) is 2. The van der Waals surface area contributed by atoms with Crippen molar-refractivity contribution in [2.24, 2.45) is 5.73 Å². The van der Waals surface area contributed by atoms with Crippen molar-refractivity contribution < 1.29 is 42.8 Å². The Balaban J connectivity index is 0.00000561. The molecule has 3 amide bonds. The number of ether oxygens (including phenoxy) is 6. The number of halogens is 1. The Morgan fingerprint density at radius 2 is 1.57 bits per heavy atom. The number of hydrogen-bond donors (Lipinski definition) is 3. The Hall–Kier alpha value is -5.66. The summed E-state index contributed by atoms with van der Waals surface area (Å²) in [6.07, 6.45) is 0.803. The van der Waals surface area contributed by atoms with E-state index in [0.29, 0.717) is 83.7 Å². The molecular formula is C40H45ClN4O9. The van der Waals surface area contributed by atoms with Gasteiger partial charge in [0.25, 0.3) is 11.8 Å². The van der Waals surface area contributed by atoms with Gasteiger partial charge in [0, 0.05) is 44.6 Å². The summed E-state index contributed by atoms with van der Waals surface area (Å²) >= 11 is 0. The minimum atomic E-state index is -0.574. The standard InChI is InChI=1S/C40H44N4O9.ClH/c1-48-31-5-4-6-32(29(31)21-41)53-37-20-27(11-15-34(37)49-2)40(47)44-18-17-33-30(23-44)43-39(46)24-51-35-14-9-25(19-36(35)50-3)10-16-38(45)42-22-26-7-12-28(52-33)13-8-26;/h4-9,11-15,19-20,30,33H,10,16-18,21-24,41H2,1-3H3,(H,42,45)(H,43,46);1H/t30-,33-;/m1./s1. The number of hydrogen-bond acceptors (Lipinski definition) is 10. The fourth-order valence-electron chi connectivity index (χ4n) is 6.40. The molecule has 286 valence electrons. The molecule has 5 heterocycles. The van der Waals surface area contributed by atoms with Crippen molar-refractivity contribution in [3.8, 4) is 40.2 Å². The van der Waals surface area contributed by atoms with Crippen LogP contribution in [0.15, 0.2) is 78.9 Å². The van der Waals surface area contributed by atoms with Crippen LogP contribution in [0.1, 0.15) is 39.9 Å². The number of aryl methyl sites for hydroxylation is 1. The van der Waals surface area contributed by atoms with Crippen LogP contribution in [0.2, 0.25) is 0 Å². The minimum Gasteiger partial charge on any atom is -0.496 e. The zero-order valence-electron chi connectivity index (χ0n) is 30.4. The van der Waals surface area contributed by atoms with E-state index in [1.165, 1.54) is 14.2 Å². The van der Waals surface area contributed by atoms with Crippen molar-refractivity contribution in [2.75, 3.05) is 41.0 Å². The van der Waals surface area contributed by atoms with Gasteiger partial charge in [-0.2, -0.15) is 0 Å². The molecule has 4 N–H and O–H groups in total. The van der Waals surface area contributed by atoms with Gasteiger partial charge in [0.05, 0.1) is 32.9 Å². The van der Waals surface area contributed by atoms with E-state index in [1.807, 2.05) is 30.3 Å². The second kappa shape index (κ2) is 18.4. The highest BCUT2D eigenvalue weighted by Crippen LogP contribution is 2.37. The van der Waals surface area contributed by atoms with Crippen LogP contribution in [-0.2, 0) is 29.1 Å². The van der Waals surface area contributed by atoms with Gasteiger partial charge in [-0.25, -0.2) is 0 Å². The summed E-state index contributed by atoms with van der Waals surface area (Å²) in [5.74, 6) is 2.56. The molecule has 5 aliphatic heterocycles. The lowest BCUT2D eigenvalue weighted by molar-refractivity contribution is -0.125. The van der Waals surface area contributed by atoms with Gasteiger partial charge < -0.3 is 49.7 Å². The number of piperidine rings is 1. The van der Waals surface area contributed by atoms with E-state index < -0.39 is 12.1 Å². The molecule has 13 nitrogen and oxygen atoms in total. The number of nitrogens with zero attached hydrogens (tertiary/aromatic N) is 1. The third-order valence-electron chi connectivity index (χ3n) is 9.26. The summed E-state index contributed by atoms with van der Waals surface area (Å²) in [7, 11) is 4.60. The highest BCUT2D eigenvalue weighted by atomic mass is 35.5. The van der Waals surface area contributed by atoms with E-state index in [4.69, 9.17) is 34.2 Å². The van der Waals surface area contributed by atoms with Crippen molar-refractivity contribution in [1.82, 2.24) is 15.5 Å². The van der Waals surface area contributed by atoms with Crippen LogP contribution in [0.3, 0.4) is 0 Å². The lowest BCUT2D eigenvalue weighted by Gasteiger charge is -2.39. The van der Waals surface area contributed by atoms with Crippen LogP contribution in [0.5, 0.6) is 40.2 Å². The predicted octanol–water partition coefficient (Wildman–Crippen LogP) is 4.80. The first kappa shape index (κ1) is 39.5. The van der Waals surface area contributed by atoms with E-state index in [2.05, 4.69) is 10.6 Å². The van der Waals surface area contributed by atoms with Crippen LogP contribution in [0.4, 0.5) is 0 Å². The number of rotatable bonds is 7. The Kier molecular flexibility index (Phi) is 13.5. The zero-order chi connectivity index (χ0) is 37.3. The molecule has 1 saturated heterocycles. The number of methoxy groups -OCH3 is 3. The molecule has 14 heteroatoms. The van der Waals surface area contributed by atoms with Gasteiger partial charge >= 0.3 is 0 Å². The molecule has 1 fully saturated rings. The Morgan fingerprint density at radius 1 is 0.833 bits per heavy atom. The van der Waals surface area contributed by atoms with Crippen LogP contribution in [0.25, 0.3) is 0 Å². The SMILES string of the molecule is COc1cc2ccc1OCC(=O)N[C@@H]1CN(C(=O)c3ccc(OC)c(Oc4cccc(OC)c4CN)c3)CC[C@H]1Oc1ccc(cc1)CNC(=O)CC2.Cl. The molecule has 4 bridgehead atoms. The van der Waals surface area contributed by atoms with Gasteiger partial charge in [-0.3, -0.25) is 14.4 Å². The lowest BCUT2D eigenvalue weighted by Crippen LogP contribution is -2.58. The minimum absolute atomic E-state index is 0. The molecule has 4 aromatic rings.